The van der Waals surface area contributed by atoms with Gasteiger partial charge in [-0.25, -0.2) is 13.2 Å². The molecule has 1 unspecified atom stereocenters. The minimum atomic E-state index is -3.81. The molecule has 3 N–H and O–H groups in total. The van der Waals surface area contributed by atoms with Gasteiger partial charge in [-0.2, -0.15) is 5.90 Å². The molecule has 21 heavy (non-hydrogen) atoms. The van der Waals surface area contributed by atoms with Crippen LogP contribution in [0.15, 0.2) is 29.2 Å². The second-order valence-electron chi connectivity index (χ2n) is 4.15. The van der Waals surface area contributed by atoms with Gasteiger partial charge in [-0.15, -0.1) is 0 Å². The number of ether oxygens (including phenoxy) is 1. The van der Waals surface area contributed by atoms with Crippen LogP contribution < -0.4 is 16.0 Å². The summed E-state index contributed by atoms with van der Waals surface area (Å²) in [6.07, 6.45) is 0. The van der Waals surface area contributed by atoms with Gasteiger partial charge in [0.2, 0.25) is 5.91 Å². The molecule has 0 radical (unpaired) electrons. The smallest absolute Gasteiger partial charge is 0.348 e. The number of nitrogens with one attached hydrogen (secondary N) is 1. The first-order valence-corrected chi connectivity index (χ1v) is 7.50. The molecule has 0 saturated carbocycles. The maximum atomic E-state index is 12.2. The van der Waals surface area contributed by atoms with Crippen molar-refractivity contribution in [3.63, 3.8) is 0 Å². The second kappa shape index (κ2) is 7.04. The third-order valence-corrected chi connectivity index (χ3v) is 4.35. The third kappa shape index (κ3) is 4.72. The molecule has 1 aromatic rings. The van der Waals surface area contributed by atoms with E-state index in [9.17, 15) is 18.0 Å². The summed E-state index contributed by atoms with van der Waals surface area (Å²) in [4.78, 5) is 26.4. The van der Waals surface area contributed by atoms with Crippen LogP contribution in [0.5, 0.6) is 5.75 Å². The van der Waals surface area contributed by atoms with Crippen molar-refractivity contribution in [2.75, 3.05) is 12.9 Å². The van der Waals surface area contributed by atoms with Gasteiger partial charge in [0.1, 0.15) is 11.8 Å². The lowest BCUT2D eigenvalue weighted by Crippen LogP contribution is -2.46. The molecule has 0 aromatic heterocycles. The third-order valence-electron chi connectivity index (χ3n) is 2.58. The highest BCUT2D eigenvalue weighted by Gasteiger charge is 2.28. The van der Waals surface area contributed by atoms with E-state index in [1.165, 1.54) is 31.4 Å². The monoisotopic (exact) mass is 316 g/mol. The highest BCUT2D eigenvalue weighted by molar-refractivity contribution is 7.91. The molecule has 8 nitrogen and oxygen atoms in total. The fourth-order valence-electron chi connectivity index (χ4n) is 1.59. The minimum Gasteiger partial charge on any atom is -0.497 e. The van der Waals surface area contributed by atoms with Crippen molar-refractivity contribution >= 4 is 21.7 Å². The summed E-state index contributed by atoms with van der Waals surface area (Å²) in [5, 5.41) is 2.18. The van der Waals surface area contributed by atoms with Gasteiger partial charge in [-0.05, 0) is 24.3 Å². The van der Waals surface area contributed by atoms with E-state index in [1.54, 1.807) is 0 Å². The first kappa shape index (κ1) is 16.9. The lowest BCUT2D eigenvalue weighted by Gasteiger charge is -2.15. The molecule has 0 aliphatic rings. The number of hydrogen-bond donors (Lipinski definition) is 2. The molecule has 1 amide bonds. The zero-order valence-electron chi connectivity index (χ0n) is 11.5. The van der Waals surface area contributed by atoms with Crippen LogP contribution in [0.4, 0.5) is 0 Å². The standard InChI is InChI=1S/C12H16N2O6S/c1-8(15)14-11(12(16)20-13)7-21(17,18)10-5-3-9(19-2)4-6-10/h3-6,11H,7,13H2,1-2H3,(H,14,15). The van der Waals surface area contributed by atoms with Gasteiger partial charge in [0.25, 0.3) is 0 Å². The molecule has 0 aliphatic heterocycles. The molecule has 1 atom stereocenters. The van der Waals surface area contributed by atoms with Crippen LogP contribution in [0.2, 0.25) is 0 Å². The Labute approximate surface area is 122 Å². The summed E-state index contributed by atoms with van der Waals surface area (Å²) < 4.78 is 29.3. The maximum absolute atomic E-state index is 12.2. The summed E-state index contributed by atoms with van der Waals surface area (Å²) in [7, 11) is -2.36. The number of rotatable bonds is 6. The Morgan fingerprint density at radius 1 is 1.29 bits per heavy atom. The van der Waals surface area contributed by atoms with E-state index in [1.807, 2.05) is 0 Å². The molecule has 1 aromatic carbocycles. The van der Waals surface area contributed by atoms with Crippen LogP contribution in [0.25, 0.3) is 0 Å². The highest BCUT2D eigenvalue weighted by atomic mass is 32.2. The van der Waals surface area contributed by atoms with E-state index >= 15 is 0 Å². The normalized spacial score (nSPS) is 12.3. The minimum absolute atomic E-state index is 0.0107. The quantitative estimate of drug-likeness (QED) is 0.671. The Balaban J connectivity index is 2.98. The van der Waals surface area contributed by atoms with E-state index in [4.69, 9.17) is 10.6 Å². The van der Waals surface area contributed by atoms with Crippen molar-refractivity contribution < 1.29 is 27.6 Å². The fourth-order valence-corrected chi connectivity index (χ4v) is 3.00. The molecular weight excluding hydrogens is 300 g/mol. The molecule has 0 aliphatic carbocycles. The first-order valence-electron chi connectivity index (χ1n) is 5.84. The Bertz CT molecular complexity index is 611. The summed E-state index contributed by atoms with van der Waals surface area (Å²) in [5.41, 5.74) is 0. The molecule has 0 bridgehead atoms. The predicted molar refractivity (Wildman–Crippen MR) is 72.9 cm³/mol. The summed E-state index contributed by atoms with van der Waals surface area (Å²) in [6, 6.07) is 4.25. The van der Waals surface area contributed by atoms with Crippen LogP contribution in [0.3, 0.4) is 0 Å². The van der Waals surface area contributed by atoms with Gasteiger partial charge in [0, 0.05) is 6.92 Å². The van der Waals surface area contributed by atoms with Crippen LogP contribution in [-0.2, 0) is 24.3 Å². The van der Waals surface area contributed by atoms with Crippen molar-refractivity contribution in [1.29, 1.82) is 0 Å². The van der Waals surface area contributed by atoms with Gasteiger partial charge in [0.05, 0.1) is 17.8 Å². The Morgan fingerprint density at radius 3 is 2.29 bits per heavy atom. The highest BCUT2D eigenvalue weighted by Crippen LogP contribution is 2.17. The fraction of sp³-hybridized carbons (Fsp3) is 0.333. The number of carbonyl (C=O) groups is 2. The molecule has 0 fully saturated rings. The van der Waals surface area contributed by atoms with E-state index in [2.05, 4.69) is 10.2 Å². The van der Waals surface area contributed by atoms with Crippen molar-refractivity contribution in [3.05, 3.63) is 24.3 Å². The summed E-state index contributed by atoms with van der Waals surface area (Å²) in [5.74, 6) is 2.95. The van der Waals surface area contributed by atoms with Crippen molar-refractivity contribution in [2.24, 2.45) is 5.90 Å². The Kier molecular flexibility index (Phi) is 5.68. The van der Waals surface area contributed by atoms with Gasteiger partial charge >= 0.3 is 5.97 Å². The molecule has 0 heterocycles. The molecule has 0 saturated heterocycles. The average Bonchev–Trinajstić information content (AvgIpc) is 2.45. The zero-order chi connectivity index (χ0) is 16.0. The largest absolute Gasteiger partial charge is 0.497 e. The van der Waals surface area contributed by atoms with Gasteiger partial charge < -0.3 is 14.9 Å². The molecule has 9 heteroatoms. The number of amides is 1. The molecular formula is C12H16N2O6S. The second-order valence-corrected chi connectivity index (χ2v) is 6.18. The number of methoxy groups -OCH3 is 1. The van der Waals surface area contributed by atoms with Crippen LogP contribution >= 0.6 is 0 Å². The number of sulfone groups is 1. The lowest BCUT2D eigenvalue weighted by atomic mass is 10.3. The number of nitrogens with two attached hydrogens (primary N) is 1. The molecule has 116 valence electrons. The zero-order valence-corrected chi connectivity index (χ0v) is 12.3. The average molecular weight is 316 g/mol. The first-order chi connectivity index (χ1) is 9.80. The summed E-state index contributed by atoms with van der Waals surface area (Å²) >= 11 is 0. The SMILES string of the molecule is COc1ccc(S(=O)(=O)CC(NC(C)=O)C(=O)ON)cc1. The van der Waals surface area contributed by atoms with Crippen LogP contribution in [0.1, 0.15) is 6.92 Å². The van der Waals surface area contributed by atoms with Gasteiger partial charge in [-0.3, -0.25) is 4.79 Å². The predicted octanol–water partition coefficient (Wildman–Crippen LogP) is -0.609. The Hall–Kier alpha value is -2.13. The number of benzene rings is 1. The van der Waals surface area contributed by atoms with E-state index in [0.29, 0.717) is 5.75 Å². The van der Waals surface area contributed by atoms with Crippen LogP contribution in [0, 0.1) is 0 Å². The lowest BCUT2D eigenvalue weighted by molar-refractivity contribution is -0.147. The van der Waals surface area contributed by atoms with Gasteiger partial charge in [-0.1, -0.05) is 0 Å². The van der Waals surface area contributed by atoms with Crippen LogP contribution in [-0.4, -0.2) is 39.2 Å². The molecule has 1 rings (SSSR count). The Morgan fingerprint density at radius 2 is 1.86 bits per heavy atom. The number of hydrogen-bond acceptors (Lipinski definition) is 7. The summed E-state index contributed by atoms with van der Waals surface area (Å²) in [6.45, 7) is 1.15. The van der Waals surface area contributed by atoms with Crippen molar-refractivity contribution in [2.45, 2.75) is 17.9 Å². The maximum Gasteiger partial charge on any atom is 0.348 e. The molecule has 0 spiro atoms. The van der Waals surface area contributed by atoms with E-state index in [0.717, 1.165) is 6.92 Å². The van der Waals surface area contributed by atoms with Crippen molar-refractivity contribution in [1.82, 2.24) is 5.32 Å². The van der Waals surface area contributed by atoms with E-state index < -0.39 is 33.5 Å². The number of carbonyl (C=O) groups excluding carboxylic acids is 2. The topological polar surface area (TPSA) is 125 Å². The van der Waals surface area contributed by atoms with Gasteiger partial charge in [0.15, 0.2) is 9.84 Å². The van der Waals surface area contributed by atoms with E-state index in [-0.39, 0.29) is 4.90 Å². The van der Waals surface area contributed by atoms with Crippen molar-refractivity contribution in [3.8, 4) is 5.75 Å².